The minimum atomic E-state index is -0.621. The van der Waals surface area contributed by atoms with Gasteiger partial charge in [-0.1, -0.05) is 11.6 Å². The summed E-state index contributed by atoms with van der Waals surface area (Å²) in [5.74, 6) is -0.388. The van der Waals surface area contributed by atoms with Crippen LogP contribution in [0.2, 0.25) is 5.02 Å². The summed E-state index contributed by atoms with van der Waals surface area (Å²) in [6.45, 7) is 10.4. The fraction of sp³-hybridized carbons (Fsp3) is 0.458. The number of anilines is 1. The normalized spacial score (nSPS) is 19.0. The van der Waals surface area contributed by atoms with Crippen LogP contribution in [0, 0.1) is 0 Å². The number of carbonyl (C=O) groups excluding carboxylic acids is 2. The number of aromatic nitrogens is 2. The van der Waals surface area contributed by atoms with Crippen LogP contribution in [0.15, 0.2) is 30.6 Å². The zero-order valence-electron chi connectivity index (χ0n) is 19.6. The lowest BCUT2D eigenvalue weighted by Gasteiger charge is -2.42. The average molecular weight is 472 g/mol. The lowest BCUT2D eigenvalue weighted by atomic mass is 10.0. The van der Waals surface area contributed by atoms with Crippen LogP contribution in [0.25, 0.3) is 21.8 Å². The molecule has 2 amide bonds. The summed E-state index contributed by atoms with van der Waals surface area (Å²) >= 11 is 6.38. The zero-order chi connectivity index (χ0) is 24.0. The number of amides is 2. The van der Waals surface area contributed by atoms with Gasteiger partial charge < -0.3 is 20.4 Å². The molecule has 0 spiro atoms. The van der Waals surface area contributed by atoms with Gasteiger partial charge in [0.15, 0.2) is 0 Å². The van der Waals surface area contributed by atoms with E-state index < -0.39 is 11.6 Å². The molecule has 0 bridgehead atoms. The van der Waals surface area contributed by atoms with E-state index in [9.17, 15) is 9.59 Å². The molecule has 33 heavy (non-hydrogen) atoms. The highest BCUT2D eigenvalue weighted by atomic mass is 35.5. The third-order valence-corrected chi connectivity index (χ3v) is 5.77. The number of carbonyl (C=O) groups is 2. The maximum absolute atomic E-state index is 13.4. The molecule has 0 saturated carbocycles. The molecule has 1 fully saturated rings. The van der Waals surface area contributed by atoms with Gasteiger partial charge in [0.2, 0.25) is 11.8 Å². The number of pyridine rings is 1. The van der Waals surface area contributed by atoms with Crippen molar-refractivity contribution in [2.45, 2.75) is 51.8 Å². The first-order chi connectivity index (χ1) is 15.4. The highest BCUT2D eigenvalue weighted by Crippen LogP contribution is 2.33. The Morgan fingerprint density at radius 1 is 1.30 bits per heavy atom. The highest BCUT2D eigenvalue weighted by Gasteiger charge is 2.39. The zero-order valence-corrected chi connectivity index (χ0v) is 20.3. The third-order valence-electron chi connectivity index (χ3n) is 5.55. The molecule has 3 aromatic rings. The van der Waals surface area contributed by atoms with Gasteiger partial charge in [-0.3, -0.25) is 19.5 Å². The van der Waals surface area contributed by atoms with Crippen molar-refractivity contribution in [1.82, 2.24) is 20.2 Å². The maximum atomic E-state index is 13.4. The van der Waals surface area contributed by atoms with E-state index in [2.05, 4.69) is 20.6 Å². The molecule has 1 saturated heterocycles. The molecule has 1 aliphatic rings. The number of H-pyrrole nitrogens is 1. The first-order valence-electron chi connectivity index (χ1n) is 11.0. The fourth-order valence-corrected chi connectivity index (χ4v) is 4.46. The van der Waals surface area contributed by atoms with E-state index in [1.165, 1.54) is 0 Å². The number of nitrogens with one attached hydrogen (secondary N) is 3. The van der Waals surface area contributed by atoms with Crippen molar-refractivity contribution in [1.29, 1.82) is 0 Å². The van der Waals surface area contributed by atoms with Crippen molar-refractivity contribution < 1.29 is 14.3 Å². The van der Waals surface area contributed by atoms with Gasteiger partial charge in [0.05, 0.1) is 41.7 Å². The van der Waals surface area contributed by atoms with Gasteiger partial charge in [-0.2, -0.15) is 0 Å². The minimum Gasteiger partial charge on any atom is -0.372 e. The summed E-state index contributed by atoms with van der Waals surface area (Å²) in [5.41, 5.74) is 1.38. The van der Waals surface area contributed by atoms with Crippen LogP contribution in [-0.4, -0.2) is 63.6 Å². The summed E-state index contributed by atoms with van der Waals surface area (Å²) in [5, 5.41) is 8.36. The Balaban J connectivity index is 1.61. The Hall–Kier alpha value is -2.68. The average Bonchev–Trinajstić information content (AvgIpc) is 3.04. The Kier molecular flexibility index (Phi) is 6.11. The third kappa shape index (κ3) is 5.29. The van der Waals surface area contributed by atoms with Crippen LogP contribution in [0.3, 0.4) is 0 Å². The van der Waals surface area contributed by atoms with E-state index in [-0.39, 0.29) is 30.5 Å². The molecule has 0 aliphatic carbocycles. The first kappa shape index (κ1) is 23.5. The van der Waals surface area contributed by atoms with Gasteiger partial charge in [-0.15, -0.1) is 0 Å². The largest absolute Gasteiger partial charge is 0.372 e. The number of hydrogen-bond donors (Lipinski definition) is 3. The Morgan fingerprint density at radius 3 is 2.79 bits per heavy atom. The molecule has 3 N–H and O–H groups in total. The first-order valence-corrected chi connectivity index (χ1v) is 11.3. The Bertz CT molecular complexity index is 1210. The molecule has 176 valence electrons. The molecule has 2 aromatic heterocycles. The van der Waals surface area contributed by atoms with E-state index in [1.807, 2.05) is 51.7 Å². The summed E-state index contributed by atoms with van der Waals surface area (Å²) in [4.78, 5) is 35.4. The van der Waals surface area contributed by atoms with Crippen molar-refractivity contribution in [2.24, 2.45) is 0 Å². The number of rotatable bonds is 4. The molecular weight excluding hydrogens is 442 g/mol. The number of ether oxygens (including phenoxy) is 1. The van der Waals surface area contributed by atoms with Crippen LogP contribution in [0.5, 0.6) is 0 Å². The number of nitrogens with zero attached hydrogens (tertiary/aromatic N) is 2. The van der Waals surface area contributed by atoms with Crippen molar-refractivity contribution in [2.75, 3.05) is 25.0 Å². The Labute approximate surface area is 198 Å². The van der Waals surface area contributed by atoms with Crippen molar-refractivity contribution in [3.63, 3.8) is 0 Å². The van der Waals surface area contributed by atoms with Crippen molar-refractivity contribution in [3.8, 4) is 0 Å². The molecule has 1 atom stereocenters. The molecular formula is C24H30ClN5O3. The van der Waals surface area contributed by atoms with Gasteiger partial charge in [0.25, 0.3) is 0 Å². The maximum Gasteiger partial charge on any atom is 0.244 e. The number of fused-ring (bicyclic) bond motifs is 3. The number of halogens is 1. The van der Waals surface area contributed by atoms with E-state index in [0.717, 1.165) is 21.8 Å². The molecule has 3 heterocycles. The van der Waals surface area contributed by atoms with Gasteiger partial charge in [-0.05, 0) is 52.8 Å². The minimum absolute atomic E-state index is 0.102. The van der Waals surface area contributed by atoms with Gasteiger partial charge in [0.1, 0.15) is 6.04 Å². The monoisotopic (exact) mass is 471 g/mol. The molecule has 0 unspecified atom stereocenters. The van der Waals surface area contributed by atoms with E-state index in [1.54, 1.807) is 18.5 Å². The predicted molar refractivity (Wildman–Crippen MR) is 131 cm³/mol. The molecule has 1 aromatic carbocycles. The number of aromatic amines is 1. The van der Waals surface area contributed by atoms with Crippen LogP contribution in [0.4, 0.5) is 5.69 Å². The van der Waals surface area contributed by atoms with Crippen LogP contribution in [-0.2, 0) is 14.3 Å². The van der Waals surface area contributed by atoms with Crippen molar-refractivity contribution >= 4 is 50.9 Å². The highest BCUT2D eigenvalue weighted by molar-refractivity contribution is 6.33. The Morgan fingerprint density at radius 2 is 2.06 bits per heavy atom. The number of benzene rings is 1. The quantitative estimate of drug-likeness (QED) is 0.538. The van der Waals surface area contributed by atoms with Gasteiger partial charge in [0, 0.05) is 34.1 Å². The standard InChI is InChI=1S/C24H30ClN5O3/c1-23(2,3)29-20(31)11-30-13-24(4,5)33-12-19(30)22(32)28-17-9-14(25)8-16-15-6-7-26-10-18(15)27-21(16)17/h6-10,19,27H,11-13H2,1-5H3,(H,28,32)(H,29,31)/t19-/m0/s1. The molecule has 9 heteroatoms. The topological polar surface area (TPSA) is 99.4 Å². The summed E-state index contributed by atoms with van der Waals surface area (Å²) in [6, 6.07) is 4.86. The molecule has 0 radical (unpaired) electrons. The lowest BCUT2D eigenvalue weighted by molar-refractivity contribution is -0.147. The summed E-state index contributed by atoms with van der Waals surface area (Å²) in [7, 11) is 0. The summed E-state index contributed by atoms with van der Waals surface area (Å²) in [6.07, 6.45) is 3.46. The van der Waals surface area contributed by atoms with Gasteiger partial charge in [-0.25, -0.2) is 0 Å². The molecule has 1 aliphatic heterocycles. The second-order valence-corrected chi connectivity index (χ2v) is 10.6. The predicted octanol–water partition coefficient (Wildman–Crippen LogP) is 3.70. The second kappa shape index (κ2) is 8.59. The second-order valence-electron chi connectivity index (χ2n) is 10.2. The van der Waals surface area contributed by atoms with Gasteiger partial charge >= 0.3 is 0 Å². The molecule has 8 nitrogen and oxygen atoms in total. The van der Waals surface area contributed by atoms with E-state index in [4.69, 9.17) is 16.3 Å². The summed E-state index contributed by atoms with van der Waals surface area (Å²) < 4.78 is 5.93. The van der Waals surface area contributed by atoms with E-state index >= 15 is 0 Å². The molecule has 4 rings (SSSR count). The number of morpholine rings is 1. The van der Waals surface area contributed by atoms with E-state index in [0.29, 0.717) is 17.3 Å². The fourth-order valence-electron chi connectivity index (χ4n) is 4.24. The van der Waals surface area contributed by atoms with Crippen LogP contribution < -0.4 is 10.6 Å². The number of hydrogen-bond acceptors (Lipinski definition) is 5. The SMILES string of the molecule is CC(C)(C)NC(=O)CN1CC(C)(C)OC[C@H]1C(=O)Nc1cc(Cl)cc2c1[nH]c1cnccc12. The smallest absolute Gasteiger partial charge is 0.244 e. The van der Waals surface area contributed by atoms with Crippen LogP contribution >= 0.6 is 11.6 Å². The van der Waals surface area contributed by atoms with Crippen LogP contribution in [0.1, 0.15) is 34.6 Å². The van der Waals surface area contributed by atoms with Crippen molar-refractivity contribution in [3.05, 3.63) is 35.6 Å². The lowest BCUT2D eigenvalue weighted by Crippen LogP contribution is -2.60.